The van der Waals surface area contributed by atoms with Crippen molar-refractivity contribution in [2.45, 2.75) is 16.6 Å². The second-order valence-electron chi connectivity index (χ2n) is 6.24. The van der Waals surface area contributed by atoms with E-state index in [-0.39, 0.29) is 28.6 Å². The van der Waals surface area contributed by atoms with E-state index in [0.29, 0.717) is 13.0 Å². The summed E-state index contributed by atoms with van der Waals surface area (Å²) in [5.41, 5.74) is 0.938. The highest BCUT2D eigenvalue weighted by atomic mass is 32.2. The van der Waals surface area contributed by atoms with Crippen LogP contribution in [-0.2, 0) is 14.6 Å². The first kappa shape index (κ1) is 18.0. The summed E-state index contributed by atoms with van der Waals surface area (Å²) in [7, 11) is -2.92. The Morgan fingerprint density at radius 1 is 1.08 bits per heavy atom. The fraction of sp³-hybridized carbons (Fsp3) is 0.316. The molecule has 2 aromatic rings. The largest absolute Gasteiger partial charge is 0.355 e. The summed E-state index contributed by atoms with van der Waals surface area (Å²) in [6.45, 7) is 0.413. The highest BCUT2D eigenvalue weighted by molar-refractivity contribution is 8.00. The third-order valence-corrected chi connectivity index (χ3v) is 7.33. The smallest absolute Gasteiger partial charge is 0.238 e. The fourth-order valence-electron chi connectivity index (χ4n) is 2.91. The molecule has 2 atom stereocenters. The van der Waals surface area contributed by atoms with E-state index >= 15 is 0 Å². The molecular weight excluding hydrogens is 354 g/mol. The topological polar surface area (TPSA) is 63.2 Å². The molecule has 1 fully saturated rings. The first-order chi connectivity index (χ1) is 12.0. The van der Waals surface area contributed by atoms with Crippen molar-refractivity contribution in [1.82, 2.24) is 5.32 Å². The zero-order chi connectivity index (χ0) is 17.7. The van der Waals surface area contributed by atoms with Gasteiger partial charge < -0.3 is 5.32 Å². The Morgan fingerprint density at radius 2 is 1.72 bits per heavy atom. The van der Waals surface area contributed by atoms with Crippen molar-refractivity contribution in [2.75, 3.05) is 18.1 Å². The monoisotopic (exact) mass is 375 g/mol. The van der Waals surface area contributed by atoms with E-state index in [0.717, 1.165) is 10.5 Å². The molecule has 0 aliphatic carbocycles. The van der Waals surface area contributed by atoms with Crippen LogP contribution < -0.4 is 5.32 Å². The van der Waals surface area contributed by atoms with Crippen molar-refractivity contribution in [1.29, 1.82) is 0 Å². The molecule has 2 unspecified atom stereocenters. The number of carbonyl (C=O) groups excluding carboxylic acids is 1. The van der Waals surface area contributed by atoms with Crippen LogP contribution in [0.1, 0.15) is 17.2 Å². The van der Waals surface area contributed by atoms with Gasteiger partial charge >= 0.3 is 0 Å². The predicted molar refractivity (Wildman–Crippen MR) is 101 cm³/mol. The Bertz CT molecular complexity index is 807. The molecule has 1 heterocycles. The Kier molecular flexibility index (Phi) is 5.81. The van der Waals surface area contributed by atoms with Crippen LogP contribution in [0.4, 0.5) is 0 Å². The number of nitrogens with one attached hydrogen (secondary N) is 1. The molecule has 132 valence electrons. The van der Waals surface area contributed by atoms with E-state index in [2.05, 4.69) is 5.32 Å². The van der Waals surface area contributed by atoms with E-state index in [1.165, 1.54) is 11.8 Å². The molecule has 1 amide bonds. The van der Waals surface area contributed by atoms with Crippen LogP contribution in [0.2, 0.25) is 0 Å². The summed E-state index contributed by atoms with van der Waals surface area (Å²) in [4.78, 5) is 13.8. The number of amides is 1. The van der Waals surface area contributed by atoms with Gasteiger partial charge in [0, 0.05) is 11.4 Å². The van der Waals surface area contributed by atoms with E-state index in [9.17, 15) is 13.2 Å². The van der Waals surface area contributed by atoms with Gasteiger partial charge in [-0.25, -0.2) is 8.42 Å². The summed E-state index contributed by atoms with van der Waals surface area (Å²) in [6.07, 6.45) is 0.629. The summed E-state index contributed by atoms with van der Waals surface area (Å²) < 4.78 is 23.1. The van der Waals surface area contributed by atoms with Crippen LogP contribution in [-0.4, -0.2) is 32.4 Å². The van der Waals surface area contributed by atoms with Crippen LogP contribution >= 0.6 is 11.8 Å². The summed E-state index contributed by atoms with van der Waals surface area (Å²) >= 11 is 1.50. The third kappa shape index (κ3) is 5.09. The molecule has 0 bridgehead atoms. The molecular formula is C19H21NO3S2. The molecule has 4 nitrogen and oxygen atoms in total. The first-order valence-corrected chi connectivity index (χ1v) is 11.0. The van der Waals surface area contributed by atoms with Gasteiger partial charge in [-0.05, 0) is 30.0 Å². The standard InChI is InChI=1S/C19H21NO3S2/c21-19(20-13-15-11-12-25(22,23)14-15)18(16-7-3-1-4-8-16)24-17-9-5-2-6-10-17/h1-10,15,18H,11-14H2,(H,20,21). The minimum atomic E-state index is -2.92. The number of benzene rings is 2. The summed E-state index contributed by atoms with van der Waals surface area (Å²) in [5.74, 6) is 0.347. The molecule has 0 saturated carbocycles. The second-order valence-corrected chi connectivity index (χ2v) is 9.64. The van der Waals surface area contributed by atoms with Gasteiger partial charge in [-0.3, -0.25) is 4.79 Å². The van der Waals surface area contributed by atoms with Crippen LogP contribution in [0.5, 0.6) is 0 Å². The van der Waals surface area contributed by atoms with Crippen molar-refractivity contribution in [3.63, 3.8) is 0 Å². The maximum atomic E-state index is 12.8. The number of hydrogen-bond acceptors (Lipinski definition) is 4. The molecule has 0 aromatic heterocycles. The van der Waals surface area contributed by atoms with Crippen LogP contribution in [0.15, 0.2) is 65.6 Å². The number of sulfone groups is 1. The van der Waals surface area contributed by atoms with Gasteiger partial charge in [0.15, 0.2) is 9.84 Å². The zero-order valence-corrected chi connectivity index (χ0v) is 15.4. The fourth-order valence-corrected chi connectivity index (χ4v) is 5.84. The third-order valence-electron chi connectivity index (χ3n) is 4.23. The Balaban J connectivity index is 1.69. The van der Waals surface area contributed by atoms with Gasteiger partial charge in [-0.1, -0.05) is 48.5 Å². The van der Waals surface area contributed by atoms with E-state index < -0.39 is 9.84 Å². The minimum absolute atomic E-state index is 0.0205. The SMILES string of the molecule is O=C(NCC1CCS(=O)(=O)C1)C(Sc1ccccc1)c1ccccc1. The maximum Gasteiger partial charge on any atom is 0.238 e. The molecule has 0 spiro atoms. The lowest BCUT2D eigenvalue weighted by Gasteiger charge is -2.18. The Hall–Kier alpha value is -1.79. The molecule has 6 heteroatoms. The van der Waals surface area contributed by atoms with Crippen molar-refractivity contribution in [3.8, 4) is 0 Å². The Morgan fingerprint density at radius 3 is 2.32 bits per heavy atom. The molecule has 1 aliphatic rings. The van der Waals surface area contributed by atoms with Crippen molar-refractivity contribution in [3.05, 3.63) is 66.2 Å². The Labute approximate surface area is 152 Å². The number of thioether (sulfide) groups is 1. The van der Waals surface area contributed by atoms with Crippen molar-refractivity contribution < 1.29 is 13.2 Å². The molecule has 1 saturated heterocycles. The highest BCUT2D eigenvalue weighted by Crippen LogP contribution is 2.35. The van der Waals surface area contributed by atoms with Crippen molar-refractivity contribution >= 4 is 27.5 Å². The minimum Gasteiger partial charge on any atom is -0.355 e. The summed E-state index contributed by atoms with van der Waals surface area (Å²) in [6, 6.07) is 19.5. The van der Waals surface area contributed by atoms with Crippen molar-refractivity contribution in [2.24, 2.45) is 5.92 Å². The average molecular weight is 376 g/mol. The lowest BCUT2D eigenvalue weighted by molar-refractivity contribution is -0.120. The van der Waals surface area contributed by atoms with Crippen LogP contribution in [0.3, 0.4) is 0 Å². The molecule has 1 aliphatic heterocycles. The summed E-state index contributed by atoms with van der Waals surface area (Å²) in [5, 5.41) is 2.60. The quantitative estimate of drug-likeness (QED) is 0.788. The maximum absolute atomic E-state index is 12.8. The van der Waals surface area contributed by atoms with Crippen LogP contribution in [0, 0.1) is 5.92 Å². The van der Waals surface area contributed by atoms with Gasteiger partial charge in [0.25, 0.3) is 0 Å². The predicted octanol–water partition coefficient (Wildman–Crippen LogP) is 3.07. The van der Waals surface area contributed by atoms with Gasteiger partial charge in [0.1, 0.15) is 5.25 Å². The lowest BCUT2D eigenvalue weighted by Crippen LogP contribution is -2.32. The number of rotatable bonds is 6. The van der Waals surface area contributed by atoms with E-state index in [1.807, 2.05) is 60.7 Å². The normalized spacial score (nSPS) is 20.1. The van der Waals surface area contributed by atoms with E-state index in [1.54, 1.807) is 0 Å². The number of carbonyl (C=O) groups is 1. The highest BCUT2D eigenvalue weighted by Gasteiger charge is 2.29. The van der Waals surface area contributed by atoms with Gasteiger partial charge in [-0.15, -0.1) is 11.8 Å². The second kappa shape index (κ2) is 8.06. The first-order valence-electron chi connectivity index (χ1n) is 8.28. The molecule has 0 radical (unpaired) electrons. The molecule has 25 heavy (non-hydrogen) atoms. The molecule has 1 N–H and O–H groups in total. The zero-order valence-electron chi connectivity index (χ0n) is 13.8. The van der Waals surface area contributed by atoms with E-state index in [4.69, 9.17) is 0 Å². The molecule has 3 rings (SSSR count). The number of hydrogen-bond donors (Lipinski definition) is 1. The lowest BCUT2D eigenvalue weighted by atomic mass is 10.1. The van der Waals surface area contributed by atoms with Gasteiger partial charge in [0.2, 0.25) is 5.91 Å². The van der Waals surface area contributed by atoms with Crippen LogP contribution in [0.25, 0.3) is 0 Å². The van der Waals surface area contributed by atoms with Gasteiger partial charge in [0.05, 0.1) is 11.5 Å². The van der Waals surface area contributed by atoms with Gasteiger partial charge in [-0.2, -0.15) is 0 Å². The average Bonchev–Trinajstić information content (AvgIpc) is 2.98. The molecule has 2 aromatic carbocycles.